The van der Waals surface area contributed by atoms with Crippen molar-refractivity contribution in [2.24, 2.45) is 5.92 Å². The summed E-state index contributed by atoms with van der Waals surface area (Å²) < 4.78 is 5.02. The molecule has 0 amide bonds. The van der Waals surface area contributed by atoms with Gasteiger partial charge in [-0.2, -0.15) is 0 Å². The molecule has 3 nitrogen and oxygen atoms in total. The van der Waals surface area contributed by atoms with Crippen LogP contribution in [0.2, 0.25) is 0 Å². The van der Waals surface area contributed by atoms with Crippen molar-refractivity contribution in [2.75, 3.05) is 0 Å². The first-order valence-corrected chi connectivity index (χ1v) is 6.76. The number of carbonyl (C=O) groups excluding carboxylic acids is 1. The lowest BCUT2D eigenvalue weighted by Crippen LogP contribution is -2.15. The summed E-state index contributed by atoms with van der Waals surface area (Å²) in [6.07, 6.45) is 5.55. The highest BCUT2D eigenvalue weighted by atomic mass is 16.5. The van der Waals surface area contributed by atoms with Gasteiger partial charge in [0, 0.05) is 5.92 Å². The molecule has 0 saturated carbocycles. The lowest BCUT2D eigenvalue weighted by atomic mass is 10.00. The first-order chi connectivity index (χ1) is 9.15. The van der Waals surface area contributed by atoms with Crippen LogP contribution in [0.1, 0.15) is 43.5 Å². The number of carbonyl (C=O) groups is 1. The molecule has 19 heavy (non-hydrogen) atoms. The Kier molecular flexibility index (Phi) is 6.90. The third-order valence-electron chi connectivity index (χ3n) is 3.03. The molecule has 1 N–H and O–H groups in total. The Morgan fingerprint density at radius 1 is 1.37 bits per heavy atom. The van der Waals surface area contributed by atoms with Crippen molar-refractivity contribution in [1.82, 2.24) is 0 Å². The predicted octanol–water partition coefficient (Wildman–Crippen LogP) is 3.54. The average Bonchev–Trinajstić information content (AvgIpc) is 2.45. The number of hydrogen-bond acceptors (Lipinski definition) is 3. The fraction of sp³-hybridized carbons (Fsp3) is 0.438. The van der Waals surface area contributed by atoms with Crippen molar-refractivity contribution in [3.63, 3.8) is 0 Å². The van der Waals surface area contributed by atoms with Crippen LogP contribution in [0.25, 0.3) is 0 Å². The molecule has 3 heteroatoms. The smallest absolute Gasteiger partial charge is 0.342 e. The van der Waals surface area contributed by atoms with E-state index in [-0.39, 0.29) is 18.0 Å². The van der Waals surface area contributed by atoms with Crippen LogP contribution < -0.4 is 0 Å². The van der Waals surface area contributed by atoms with Gasteiger partial charge in [-0.25, -0.2) is 4.79 Å². The largest absolute Gasteiger partial charge is 0.431 e. The second-order valence-electron chi connectivity index (χ2n) is 4.67. The molecular weight excluding hydrogens is 240 g/mol. The minimum atomic E-state index is -0.383. The molecule has 0 bridgehead atoms. The predicted molar refractivity (Wildman–Crippen MR) is 75.7 cm³/mol. The molecule has 1 aromatic rings. The van der Waals surface area contributed by atoms with Gasteiger partial charge in [-0.3, -0.25) is 0 Å². The standard InChI is InChI=1S/C16H22O3/c1-3-4-10-15(17)13(2)11-12-19-16(18)14-8-6-5-7-9-14/h5-9,11-13,15,17H,3-4,10H2,1-2H3/b12-11+/t13-,15+/m0/s1. The van der Waals surface area contributed by atoms with Gasteiger partial charge in [0.05, 0.1) is 17.9 Å². The van der Waals surface area contributed by atoms with E-state index >= 15 is 0 Å². The minimum absolute atomic E-state index is 0.0184. The number of aliphatic hydroxyl groups excluding tert-OH is 1. The second-order valence-corrected chi connectivity index (χ2v) is 4.67. The van der Waals surface area contributed by atoms with E-state index in [0.29, 0.717) is 5.56 Å². The van der Waals surface area contributed by atoms with Crippen LogP contribution >= 0.6 is 0 Å². The van der Waals surface area contributed by atoms with E-state index in [9.17, 15) is 9.90 Å². The van der Waals surface area contributed by atoms with Gasteiger partial charge in [0.15, 0.2) is 0 Å². The summed E-state index contributed by atoms with van der Waals surface area (Å²) in [6.45, 7) is 4.00. The first-order valence-electron chi connectivity index (χ1n) is 6.76. The topological polar surface area (TPSA) is 46.5 Å². The molecule has 0 heterocycles. The third-order valence-corrected chi connectivity index (χ3v) is 3.03. The Labute approximate surface area is 114 Å². The molecule has 2 atom stereocenters. The van der Waals surface area contributed by atoms with Crippen molar-refractivity contribution in [3.8, 4) is 0 Å². The zero-order chi connectivity index (χ0) is 14.1. The third kappa shape index (κ3) is 5.71. The Hall–Kier alpha value is -1.61. The van der Waals surface area contributed by atoms with Gasteiger partial charge in [-0.05, 0) is 24.6 Å². The van der Waals surface area contributed by atoms with E-state index in [1.807, 2.05) is 13.0 Å². The lowest BCUT2D eigenvalue weighted by Gasteiger charge is -2.14. The fourth-order valence-corrected chi connectivity index (χ4v) is 1.67. The average molecular weight is 262 g/mol. The van der Waals surface area contributed by atoms with E-state index in [0.717, 1.165) is 19.3 Å². The second kappa shape index (κ2) is 8.48. The Morgan fingerprint density at radius 3 is 2.68 bits per heavy atom. The molecular formula is C16H22O3. The first kappa shape index (κ1) is 15.4. The molecule has 0 aliphatic heterocycles. The molecule has 0 aromatic heterocycles. The van der Waals surface area contributed by atoms with Crippen LogP contribution in [0.4, 0.5) is 0 Å². The molecule has 0 radical (unpaired) electrons. The maximum atomic E-state index is 11.6. The minimum Gasteiger partial charge on any atom is -0.431 e. The van der Waals surface area contributed by atoms with Crippen molar-refractivity contribution in [3.05, 3.63) is 48.2 Å². The van der Waals surface area contributed by atoms with Gasteiger partial charge >= 0.3 is 5.97 Å². The molecule has 0 aliphatic carbocycles. The summed E-state index contributed by atoms with van der Waals surface area (Å²) in [6, 6.07) is 8.83. The fourth-order valence-electron chi connectivity index (χ4n) is 1.67. The molecule has 1 aromatic carbocycles. The van der Waals surface area contributed by atoms with Gasteiger partial charge in [0.25, 0.3) is 0 Å². The maximum Gasteiger partial charge on any atom is 0.342 e. The number of ether oxygens (including phenoxy) is 1. The maximum absolute atomic E-state index is 11.6. The number of unbranched alkanes of at least 4 members (excludes halogenated alkanes) is 1. The molecule has 104 valence electrons. The van der Waals surface area contributed by atoms with Gasteiger partial charge in [0.1, 0.15) is 0 Å². The molecule has 0 unspecified atom stereocenters. The van der Waals surface area contributed by atoms with E-state index in [1.165, 1.54) is 6.26 Å². The zero-order valence-electron chi connectivity index (χ0n) is 11.6. The summed E-state index contributed by atoms with van der Waals surface area (Å²) in [7, 11) is 0. The van der Waals surface area contributed by atoms with Crippen molar-refractivity contribution in [2.45, 2.75) is 39.2 Å². The van der Waals surface area contributed by atoms with E-state index in [2.05, 4.69) is 6.92 Å². The number of rotatable bonds is 7. The Morgan fingerprint density at radius 2 is 2.05 bits per heavy atom. The number of esters is 1. The van der Waals surface area contributed by atoms with Gasteiger partial charge in [0.2, 0.25) is 0 Å². The monoisotopic (exact) mass is 262 g/mol. The highest BCUT2D eigenvalue weighted by molar-refractivity contribution is 5.89. The van der Waals surface area contributed by atoms with Crippen LogP contribution in [0, 0.1) is 5.92 Å². The summed E-state index contributed by atoms with van der Waals surface area (Å²) in [5.41, 5.74) is 0.520. The highest BCUT2D eigenvalue weighted by Crippen LogP contribution is 2.12. The zero-order valence-corrected chi connectivity index (χ0v) is 11.6. The quantitative estimate of drug-likeness (QED) is 0.604. The summed E-state index contributed by atoms with van der Waals surface area (Å²) >= 11 is 0. The number of aliphatic hydroxyl groups is 1. The molecule has 0 saturated heterocycles. The van der Waals surface area contributed by atoms with Crippen molar-refractivity contribution < 1.29 is 14.6 Å². The normalized spacial score (nSPS) is 14.3. The Bertz CT molecular complexity index is 398. The summed E-state index contributed by atoms with van der Waals surface area (Å²) in [4.78, 5) is 11.6. The van der Waals surface area contributed by atoms with Gasteiger partial charge < -0.3 is 9.84 Å². The number of hydrogen-bond donors (Lipinski definition) is 1. The van der Waals surface area contributed by atoms with Crippen LogP contribution in [-0.4, -0.2) is 17.2 Å². The van der Waals surface area contributed by atoms with E-state index in [4.69, 9.17) is 4.74 Å². The number of benzene rings is 1. The van der Waals surface area contributed by atoms with Crippen molar-refractivity contribution in [1.29, 1.82) is 0 Å². The van der Waals surface area contributed by atoms with Crippen LogP contribution in [0.5, 0.6) is 0 Å². The van der Waals surface area contributed by atoms with E-state index in [1.54, 1.807) is 30.3 Å². The van der Waals surface area contributed by atoms with Crippen LogP contribution in [0.15, 0.2) is 42.7 Å². The molecule has 0 fully saturated rings. The molecule has 1 rings (SSSR count). The summed E-state index contributed by atoms with van der Waals surface area (Å²) in [5.74, 6) is -0.401. The van der Waals surface area contributed by atoms with Crippen LogP contribution in [0.3, 0.4) is 0 Å². The molecule has 0 spiro atoms. The highest BCUT2D eigenvalue weighted by Gasteiger charge is 2.11. The van der Waals surface area contributed by atoms with Crippen LogP contribution in [-0.2, 0) is 4.74 Å². The van der Waals surface area contributed by atoms with E-state index < -0.39 is 0 Å². The lowest BCUT2D eigenvalue weighted by molar-refractivity contribution is 0.0656. The summed E-state index contributed by atoms with van der Waals surface area (Å²) in [5, 5.41) is 9.84. The molecule has 0 aliphatic rings. The van der Waals surface area contributed by atoms with Crippen molar-refractivity contribution >= 4 is 5.97 Å². The van der Waals surface area contributed by atoms with Gasteiger partial charge in [-0.15, -0.1) is 0 Å². The van der Waals surface area contributed by atoms with Gasteiger partial charge in [-0.1, -0.05) is 44.9 Å². The Balaban J connectivity index is 2.39. The SMILES string of the molecule is CCCC[C@@H](O)[C@@H](C)/C=C/OC(=O)c1ccccc1.